The van der Waals surface area contributed by atoms with Gasteiger partial charge in [0.1, 0.15) is 11.5 Å². The molecule has 0 spiro atoms. The van der Waals surface area contributed by atoms with Crippen LogP contribution in [0.4, 0.5) is 18.9 Å². The molecule has 23 heavy (non-hydrogen) atoms. The first-order valence-electron chi connectivity index (χ1n) is 6.34. The Hall–Kier alpha value is -2.41. The summed E-state index contributed by atoms with van der Waals surface area (Å²) < 4.78 is 42.3. The molecular weight excluding hydrogens is 335 g/mol. The second-order valence-electron chi connectivity index (χ2n) is 4.52. The van der Waals surface area contributed by atoms with Gasteiger partial charge < -0.3 is 15.2 Å². The Bertz CT molecular complexity index is 702. The average molecular weight is 346 g/mol. The van der Waals surface area contributed by atoms with Crippen LogP contribution in [0.2, 0.25) is 5.02 Å². The highest BCUT2D eigenvalue weighted by molar-refractivity contribution is 6.31. The van der Waals surface area contributed by atoms with E-state index in [-0.39, 0.29) is 17.2 Å². The van der Waals surface area contributed by atoms with Gasteiger partial charge in [0.25, 0.3) is 5.91 Å². The number of aromatic hydroxyl groups is 1. The molecule has 0 unspecified atom stereocenters. The quantitative estimate of drug-likeness (QED) is 0.821. The van der Waals surface area contributed by atoms with Crippen molar-refractivity contribution in [1.29, 1.82) is 0 Å². The first-order valence-corrected chi connectivity index (χ1v) is 6.72. The van der Waals surface area contributed by atoms with Crippen LogP contribution >= 0.6 is 11.6 Å². The van der Waals surface area contributed by atoms with Gasteiger partial charge in [0.05, 0.1) is 11.3 Å². The Balaban J connectivity index is 1.93. The molecule has 0 saturated heterocycles. The van der Waals surface area contributed by atoms with E-state index in [2.05, 4.69) is 5.32 Å². The van der Waals surface area contributed by atoms with Crippen molar-refractivity contribution in [3.63, 3.8) is 0 Å². The fraction of sp³-hybridized carbons (Fsp3) is 0.133. The lowest BCUT2D eigenvalue weighted by atomic mass is 10.2. The van der Waals surface area contributed by atoms with Crippen LogP contribution in [0.3, 0.4) is 0 Å². The number of benzene rings is 2. The SMILES string of the molecule is O=C(COc1ccc(C(F)(F)F)cc1)Nc1cc(Cl)ccc1O. The minimum atomic E-state index is -4.43. The molecule has 0 saturated carbocycles. The van der Waals surface area contributed by atoms with E-state index in [4.69, 9.17) is 16.3 Å². The third-order valence-electron chi connectivity index (χ3n) is 2.78. The first-order chi connectivity index (χ1) is 10.8. The van der Waals surface area contributed by atoms with Crippen LogP contribution in [-0.4, -0.2) is 17.6 Å². The molecule has 1 amide bonds. The second-order valence-corrected chi connectivity index (χ2v) is 4.96. The van der Waals surface area contributed by atoms with Crippen molar-refractivity contribution in [2.75, 3.05) is 11.9 Å². The highest BCUT2D eigenvalue weighted by atomic mass is 35.5. The first kappa shape index (κ1) is 17.0. The minimum absolute atomic E-state index is 0.110. The van der Waals surface area contributed by atoms with Crippen molar-refractivity contribution in [2.24, 2.45) is 0 Å². The number of ether oxygens (including phenoxy) is 1. The van der Waals surface area contributed by atoms with Crippen LogP contribution in [0, 0.1) is 0 Å². The molecule has 0 heterocycles. The molecule has 0 radical (unpaired) electrons. The highest BCUT2D eigenvalue weighted by Crippen LogP contribution is 2.30. The largest absolute Gasteiger partial charge is 0.506 e. The standard InChI is InChI=1S/C15H11ClF3NO3/c16-10-3-6-13(21)12(7-10)20-14(22)8-23-11-4-1-9(2-5-11)15(17,18)19/h1-7,21H,8H2,(H,20,22). The van der Waals surface area contributed by atoms with E-state index >= 15 is 0 Å². The number of carbonyl (C=O) groups is 1. The third kappa shape index (κ3) is 4.79. The Morgan fingerprint density at radius 1 is 1.17 bits per heavy atom. The van der Waals surface area contributed by atoms with Crippen LogP contribution in [-0.2, 0) is 11.0 Å². The summed E-state index contributed by atoms with van der Waals surface area (Å²) >= 11 is 5.74. The van der Waals surface area contributed by atoms with Gasteiger partial charge in [-0.3, -0.25) is 4.79 Å². The lowest BCUT2D eigenvalue weighted by Crippen LogP contribution is -2.20. The fourth-order valence-electron chi connectivity index (χ4n) is 1.68. The summed E-state index contributed by atoms with van der Waals surface area (Å²) in [6, 6.07) is 8.07. The van der Waals surface area contributed by atoms with Crippen molar-refractivity contribution in [1.82, 2.24) is 0 Å². The van der Waals surface area contributed by atoms with Gasteiger partial charge in [0, 0.05) is 5.02 Å². The molecule has 0 aromatic heterocycles. The summed E-state index contributed by atoms with van der Waals surface area (Å²) in [6.07, 6.45) is -4.43. The normalized spacial score (nSPS) is 11.1. The zero-order valence-corrected chi connectivity index (χ0v) is 12.3. The molecule has 2 aromatic rings. The van der Waals surface area contributed by atoms with Gasteiger partial charge in [-0.05, 0) is 42.5 Å². The fourth-order valence-corrected chi connectivity index (χ4v) is 1.86. The molecular formula is C15H11ClF3NO3. The molecule has 0 fully saturated rings. The van der Waals surface area contributed by atoms with Crippen molar-refractivity contribution >= 4 is 23.2 Å². The molecule has 2 N–H and O–H groups in total. The maximum Gasteiger partial charge on any atom is 0.416 e. The molecule has 0 aliphatic rings. The van der Waals surface area contributed by atoms with Gasteiger partial charge in [-0.1, -0.05) is 11.6 Å². The van der Waals surface area contributed by atoms with Gasteiger partial charge in [-0.2, -0.15) is 13.2 Å². The van der Waals surface area contributed by atoms with Crippen molar-refractivity contribution in [3.05, 3.63) is 53.1 Å². The number of hydrogen-bond donors (Lipinski definition) is 2. The van der Waals surface area contributed by atoms with E-state index in [9.17, 15) is 23.1 Å². The maximum absolute atomic E-state index is 12.4. The van der Waals surface area contributed by atoms with Crippen molar-refractivity contribution in [3.8, 4) is 11.5 Å². The number of alkyl halides is 3. The summed E-state index contributed by atoms with van der Waals surface area (Å²) in [5.41, 5.74) is -0.698. The highest BCUT2D eigenvalue weighted by Gasteiger charge is 2.30. The van der Waals surface area contributed by atoms with E-state index in [1.54, 1.807) is 0 Å². The van der Waals surface area contributed by atoms with Crippen molar-refractivity contribution in [2.45, 2.75) is 6.18 Å². The lowest BCUT2D eigenvalue weighted by Gasteiger charge is -2.10. The molecule has 2 aromatic carbocycles. The average Bonchev–Trinajstić information content (AvgIpc) is 2.48. The van der Waals surface area contributed by atoms with Crippen LogP contribution < -0.4 is 10.1 Å². The van der Waals surface area contributed by atoms with E-state index in [1.807, 2.05) is 0 Å². The van der Waals surface area contributed by atoms with E-state index in [0.29, 0.717) is 5.02 Å². The maximum atomic E-state index is 12.4. The number of nitrogens with one attached hydrogen (secondary N) is 1. The number of amides is 1. The molecule has 122 valence electrons. The van der Waals surface area contributed by atoms with Crippen LogP contribution in [0.5, 0.6) is 11.5 Å². The molecule has 0 aliphatic carbocycles. The number of phenolic OH excluding ortho intramolecular Hbond substituents is 1. The van der Waals surface area contributed by atoms with Gasteiger partial charge in [0.15, 0.2) is 6.61 Å². The summed E-state index contributed by atoms with van der Waals surface area (Å²) in [4.78, 5) is 11.7. The summed E-state index contributed by atoms with van der Waals surface area (Å²) in [7, 11) is 0. The van der Waals surface area contributed by atoms with Crippen LogP contribution in [0.15, 0.2) is 42.5 Å². The van der Waals surface area contributed by atoms with Gasteiger partial charge >= 0.3 is 6.18 Å². The Morgan fingerprint density at radius 3 is 2.43 bits per heavy atom. The number of rotatable bonds is 4. The number of anilines is 1. The topological polar surface area (TPSA) is 58.6 Å². The number of hydrogen-bond acceptors (Lipinski definition) is 3. The Labute approximate surface area is 134 Å². The minimum Gasteiger partial charge on any atom is -0.506 e. The predicted molar refractivity (Wildman–Crippen MR) is 78.7 cm³/mol. The van der Waals surface area contributed by atoms with Gasteiger partial charge in [-0.15, -0.1) is 0 Å². The third-order valence-corrected chi connectivity index (χ3v) is 3.02. The molecule has 2 rings (SSSR count). The Morgan fingerprint density at radius 2 is 1.83 bits per heavy atom. The monoisotopic (exact) mass is 345 g/mol. The summed E-state index contributed by atoms with van der Waals surface area (Å²) in [6.45, 7) is -0.433. The van der Waals surface area contributed by atoms with E-state index in [0.717, 1.165) is 24.3 Å². The predicted octanol–water partition coefficient (Wildman–Crippen LogP) is 4.08. The summed E-state index contributed by atoms with van der Waals surface area (Å²) in [5.74, 6) is -0.650. The van der Waals surface area contributed by atoms with E-state index < -0.39 is 24.3 Å². The molecule has 4 nitrogen and oxygen atoms in total. The molecule has 0 atom stereocenters. The number of phenols is 1. The Kier molecular flexibility index (Phi) is 5.00. The van der Waals surface area contributed by atoms with Gasteiger partial charge in [-0.25, -0.2) is 0 Å². The van der Waals surface area contributed by atoms with Gasteiger partial charge in [0.2, 0.25) is 0 Å². The smallest absolute Gasteiger partial charge is 0.416 e. The van der Waals surface area contributed by atoms with E-state index in [1.165, 1.54) is 18.2 Å². The van der Waals surface area contributed by atoms with Crippen molar-refractivity contribution < 1.29 is 27.8 Å². The molecule has 0 bridgehead atoms. The molecule has 8 heteroatoms. The lowest BCUT2D eigenvalue weighted by molar-refractivity contribution is -0.137. The molecule has 0 aliphatic heterocycles. The zero-order valence-electron chi connectivity index (χ0n) is 11.5. The zero-order chi connectivity index (χ0) is 17.0. The second kappa shape index (κ2) is 6.78. The summed E-state index contributed by atoms with van der Waals surface area (Å²) in [5, 5.41) is 12.3. The van der Waals surface area contributed by atoms with Crippen LogP contribution in [0.1, 0.15) is 5.56 Å². The number of halogens is 4. The number of carbonyl (C=O) groups excluding carboxylic acids is 1. The van der Waals surface area contributed by atoms with Crippen LogP contribution in [0.25, 0.3) is 0 Å².